The number of nitrogens with zero attached hydrogens (tertiary/aromatic N) is 1. The zero-order valence-electron chi connectivity index (χ0n) is 11.6. The molecule has 4 heteroatoms. The minimum atomic E-state index is 0.118. The zero-order chi connectivity index (χ0) is 13.9. The molecule has 1 aromatic rings. The Hall–Kier alpha value is -0.860. The first-order chi connectivity index (χ1) is 9.30. The van der Waals surface area contributed by atoms with E-state index in [0.717, 1.165) is 30.9 Å². The lowest BCUT2D eigenvalue weighted by atomic mass is 10.3. The molecule has 0 radical (unpaired) electrons. The molecule has 0 amide bonds. The third kappa shape index (κ3) is 6.74. The third-order valence-corrected chi connectivity index (χ3v) is 3.72. The average Bonchev–Trinajstić information content (AvgIpc) is 2.84. The van der Waals surface area contributed by atoms with Gasteiger partial charge >= 0.3 is 0 Å². The molecule has 0 aromatic carbocycles. The lowest BCUT2D eigenvalue weighted by Gasteiger charge is -2.19. The zero-order valence-corrected chi connectivity index (χ0v) is 12.4. The molecule has 1 rings (SSSR count). The van der Waals surface area contributed by atoms with E-state index in [4.69, 9.17) is 10.2 Å². The quantitative estimate of drug-likeness (QED) is 0.717. The van der Waals surface area contributed by atoms with Crippen molar-refractivity contribution in [2.24, 2.45) is 0 Å². The predicted octanol–water partition coefficient (Wildman–Crippen LogP) is 2.08. The molecule has 106 valence electrons. The van der Waals surface area contributed by atoms with Crippen LogP contribution >= 0.6 is 11.3 Å². The van der Waals surface area contributed by atoms with Gasteiger partial charge in [0.2, 0.25) is 0 Å². The number of unbranched alkanes of at least 4 members (excludes halogenated alkanes) is 1. The molecule has 0 aliphatic rings. The monoisotopic (exact) mass is 281 g/mol. The van der Waals surface area contributed by atoms with Gasteiger partial charge in [0, 0.05) is 24.4 Å². The van der Waals surface area contributed by atoms with Crippen molar-refractivity contribution in [1.82, 2.24) is 4.90 Å². The summed E-state index contributed by atoms with van der Waals surface area (Å²) in [4.78, 5) is 4.60. The van der Waals surface area contributed by atoms with Gasteiger partial charge in [-0.25, -0.2) is 0 Å². The highest BCUT2D eigenvalue weighted by Gasteiger charge is 2.06. The van der Waals surface area contributed by atoms with Gasteiger partial charge in [-0.05, 0) is 25.1 Å². The van der Waals surface area contributed by atoms with Gasteiger partial charge in [0.25, 0.3) is 0 Å². The Kier molecular flexibility index (Phi) is 8.52. The minimum Gasteiger partial charge on any atom is -0.395 e. The fourth-order valence-electron chi connectivity index (χ4n) is 1.75. The predicted molar refractivity (Wildman–Crippen MR) is 80.2 cm³/mol. The van der Waals surface area contributed by atoms with Crippen molar-refractivity contribution in [2.45, 2.75) is 32.7 Å². The van der Waals surface area contributed by atoms with Crippen LogP contribution in [0.2, 0.25) is 0 Å². The highest BCUT2D eigenvalue weighted by molar-refractivity contribution is 7.12. The van der Waals surface area contributed by atoms with Crippen molar-refractivity contribution in [1.29, 1.82) is 0 Å². The second-order valence-corrected chi connectivity index (χ2v) is 5.56. The minimum absolute atomic E-state index is 0.118. The van der Waals surface area contributed by atoms with Crippen molar-refractivity contribution in [3.05, 3.63) is 21.9 Å². The summed E-state index contributed by atoms with van der Waals surface area (Å²) in [5.41, 5.74) is 0. The highest BCUT2D eigenvalue weighted by atomic mass is 32.1. The van der Waals surface area contributed by atoms with Gasteiger partial charge in [-0.2, -0.15) is 0 Å². The number of rotatable bonds is 8. The van der Waals surface area contributed by atoms with Crippen molar-refractivity contribution < 1.29 is 10.2 Å². The van der Waals surface area contributed by atoms with Crippen LogP contribution in [0, 0.1) is 11.8 Å². The highest BCUT2D eigenvalue weighted by Crippen LogP contribution is 2.17. The fourth-order valence-corrected chi connectivity index (χ4v) is 2.67. The number of thiophene rings is 1. The first-order valence-corrected chi connectivity index (χ1v) is 7.63. The largest absolute Gasteiger partial charge is 0.395 e. The van der Waals surface area contributed by atoms with E-state index in [1.165, 1.54) is 11.3 Å². The number of aliphatic hydroxyl groups is 2. The Morgan fingerprint density at radius 2 is 2.05 bits per heavy atom. The molecule has 0 saturated carbocycles. The maximum absolute atomic E-state index is 9.08. The lowest BCUT2D eigenvalue weighted by Crippen LogP contribution is -2.27. The summed E-state index contributed by atoms with van der Waals surface area (Å²) in [5, 5.41) is 17.8. The molecule has 0 unspecified atom stereocenters. The molecular formula is C15H23NO2S. The van der Waals surface area contributed by atoms with Crippen LogP contribution in [0.3, 0.4) is 0 Å². The van der Waals surface area contributed by atoms with Crippen LogP contribution in [0.4, 0.5) is 0 Å². The van der Waals surface area contributed by atoms with Crippen LogP contribution in [0.15, 0.2) is 12.1 Å². The third-order valence-electron chi connectivity index (χ3n) is 2.73. The Bertz CT molecular complexity index is 406. The van der Waals surface area contributed by atoms with E-state index in [2.05, 4.69) is 29.7 Å². The lowest BCUT2D eigenvalue weighted by molar-refractivity contribution is 0.189. The summed E-state index contributed by atoms with van der Waals surface area (Å²) < 4.78 is 0. The SMILES string of the molecule is CCCCN(CCO)Cc1ccc(C#CCCO)s1. The van der Waals surface area contributed by atoms with Crippen molar-refractivity contribution in [3.8, 4) is 11.8 Å². The molecule has 0 aliphatic heterocycles. The summed E-state index contributed by atoms with van der Waals surface area (Å²) in [7, 11) is 0. The van der Waals surface area contributed by atoms with Crippen LogP contribution in [0.5, 0.6) is 0 Å². The molecule has 0 bridgehead atoms. The van der Waals surface area contributed by atoms with E-state index >= 15 is 0 Å². The molecule has 1 heterocycles. The number of hydrogen-bond acceptors (Lipinski definition) is 4. The smallest absolute Gasteiger partial charge is 0.0771 e. The Labute approximate surface area is 119 Å². The van der Waals surface area contributed by atoms with E-state index in [1.54, 1.807) is 11.3 Å². The van der Waals surface area contributed by atoms with Gasteiger partial charge in [-0.3, -0.25) is 4.90 Å². The summed E-state index contributed by atoms with van der Waals surface area (Å²) >= 11 is 1.69. The first-order valence-electron chi connectivity index (χ1n) is 6.81. The maximum atomic E-state index is 9.08. The summed E-state index contributed by atoms with van der Waals surface area (Å²) in [5.74, 6) is 5.99. The summed E-state index contributed by atoms with van der Waals surface area (Å²) in [6.45, 7) is 5.14. The van der Waals surface area contributed by atoms with Crippen LogP contribution in [-0.4, -0.2) is 41.4 Å². The molecule has 0 atom stereocenters. The van der Waals surface area contributed by atoms with Crippen molar-refractivity contribution in [2.75, 3.05) is 26.3 Å². The van der Waals surface area contributed by atoms with Gasteiger partial charge < -0.3 is 10.2 Å². The number of aliphatic hydroxyl groups excluding tert-OH is 2. The summed E-state index contributed by atoms with van der Waals surface area (Å²) in [6, 6.07) is 4.13. The topological polar surface area (TPSA) is 43.7 Å². The van der Waals surface area contributed by atoms with Crippen molar-refractivity contribution in [3.63, 3.8) is 0 Å². The van der Waals surface area contributed by atoms with E-state index in [9.17, 15) is 0 Å². The molecule has 19 heavy (non-hydrogen) atoms. The Morgan fingerprint density at radius 3 is 2.74 bits per heavy atom. The molecule has 0 fully saturated rings. The molecule has 0 spiro atoms. The van der Waals surface area contributed by atoms with Gasteiger partial charge in [0.15, 0.2) is 0 Å². The van der Waals surface area contributed by atoms with Crippen molar-refractivity contribution >= 4 is 11.3 Å². The van der Waals surface area contributed by atoms with Crippen LogP contribution in [0.1, 0.15) is 35.9 Å². The maximum Gasteiger partial charge on any atom is 0.0771 e. The molecule has 0 saturated heterocycles. The second kappa shape index (κ2) is 9.99. The van der Waals surface area contributed by atoms with Gasteiger partial charge in [0.05, 0.1) is 18.1 Å². The van der Waals surface area contributed by atoms with E-state index in [-0.39, 0.29) is 13.2 Å². The molecule has 2 N–H and O–H groups in total. The van der Waals surface area contributed by atoms with Gasteiger partial charge in [-0.1, -0.05) is 25.2 Å². The Balaban J connectivity index is 2.52. The second-order valence-electron chi connectivity index (χ2n) is 4.39. The average molecular weight is 281 g/mol. The van der Waals surface area contributed by atoms with Crippen LogP contribution in [0.25, 0.3) is 0 Å². The van der Waals surface area contributed by atoms with Gasteiger partial charge in [-0.15, -0.1) is 11.3 Å². The molecule has 0 aliphatic carbocycles. The van der Waals surface area contributed by atoms with E-state index in [0.29, 0.717) is 6.42 Å². The van der Waals surface area contributed by atoms with E-state index < -0.39 is 0 Å². The molecule has 1 aromatic heterocycles. The first kappa shape index (κ1) is 16.2. The molecular weight excluding hydrogens is 258 g/mol. The Morgan fingerprint density at radius 1 is 1.21 bits per heavy atom. The fraction of sp³-hybridized carbons (Fsp3) is 0.600. The van der Waals surface area contributed by atoms with Crippen LogP contribution < -0.4 is 0 Å². The van der Waals surface area contributed by atoms with Crippen LogP contribution in [-0.2, 0) is 6.54 Å². The van der Waals surface area contributed by atoms with Gasteiger partial charge in [0.1, 0.15) is 0 Å². The molecule has 3 nitrogen and oxygen atoms in total. The normalized spacial score (nSPS) is 10.5. The van der Waals surface area contributed by atoms with E-state index in [1.807, 2.05) is 6.07 Å². The summed E-state index contributed by atoms with van der Waals surface area (Å²) in [6.07, 6.45) is 2.86. The standard InChI is InChI=1S/C15H23NO2S/c1-2-3-9-16(10-12-18)13-15-8-7-14(19-15)6-4-5-11-17/h7-8,17-18H,2-3,5,9-13H2,1H3. The number of hydrogen-bond donors (Lipinski definition) is 2.